The molecule has 0 aliphatic carbocycles. The molecular formula is C10H10N2. The summed E-state index contributed by atoms with van der Waals surface area (Å²) in [7, 11) is 0. The summed E-state index contributed by atoms with van der Waals surface area (Å²) in [5.74, 6) is 0. The number of nitrogens with zero attached hydrogens (tertiary/aromatic N) is 2. The first-order valence-electron chi connectivity index (χ1n) is 3.95. The van der Waals surface area contributed by atoms with Crippen LogP contribution in [0.25, 0.3) is 10.9 Å². The Kier molecular flexibility index (Phi) is 1.54. The second kappa shape index (κ2) is 2.55. The number of hydrogen-bond acceptors (Lipinski definition) is 2. The smallest absolute Gasteiger partial charge is 0.0890 e. The number of pyridine rings is 2. The summed E-state index contributed by atoms with van der Waals surface area (Å²) in [6, 6.07) is 4.12. The molecule has 0 spiro atoms. The summed E-state index contributed by atoms with van der Waals surface area (Å²) < 4.78 is 0. The highest BCUT2D eigenvalue weighted by Gasteiger charge is 1.97. The molecular weight excluding hydrogens is 148 g/mol. The number of rotatable bonds is 0. The van der Waals surface area contributed by atoms with Crippen molar-refractivity contribution in [3.63, 3.8) is 0 Å². The van der Waals surface area contributed by atoms with Gasteiger partial charge in [-0.15, -0.1) is 0 Å². The fraction of sp³-hybridized carbons (Fsp3) is 0.200. The molecule has 0 atom stereocenters. The van der Waals surface area contributed by atoms with Crippen molar-refractivity contribution in [1.29, 1.82) is 0 Å². The molecule has 0 N–H and O–H groups in total. The van der Waals surface area contributed by atoms with Crippen LogP contribution in [0.5, 0.6) is 0 Å². The highest BCUT2D eigenvalue weighted by atomic mass is 14.7. The van der Waals surface area contributed by atoms with Gasteiger partial charge >= 0.3 is 0 Å². The maximum absolute atomic E-state index is 4.37. The molecule has 0 radical (unpaired) electrons. The van der Waals surface area contributed by atoms with Crippen molar-refractivity contribution < 1.29 is 0 Å². The molecule has 2 aromatic heterocycles. The molecule has 0 aromatic carbocycles. The molecule has 12 heavy (non-hydrogen) atoms. The second-order valence-electron chi connectivity index (χ2n) is 2.98. The Bertz CT molecular complexity index is 421. The molecule has 0 bridgehead atoms. The third kappa shape index (κ3) is 1.05. The van der Waals surface area contributed by atoms with E-state index in [2.05, 4.69) is 16.0 Å². The minimum absolute atomic E-state index is 0.981. The van der Waals surface area contributed by atoms with Crippen molar-refractivity contribution in [3.05, 3.63) is 35.8 Å². The van der Waals surface area contributed by atoms with E-state index in [1.807, 2.05) is 26.1 Å². The molecule has 0 amide bonds. The van der Waals surface area contributed by atoms with Crippen LogP contribution in [0.3, 0.4) is 0 Å². The van der Waals surface area contributed by atoms with Crippen molar-refractivity contribution in [1.82, 2.24) is 9.97 Å². The van der Waals surface area contributed by atoms with E-state index in [-0.39, 0.29) is 0 Å². The van der Waals surface area contributed by atoms with Gasteiger partial charge in [-0.05, 0) is 25.5 Å². The lowest BCUT2D eigenvalue weighted by molar-refractivity contribution is 1.22. The van der Waals surface area contributed by atoms with Crippen LogP contribution in [0.1, 0.15) is 11.3 Å². The fourth-order valence-electron chi connectivity index (χ4n) is 1.30. The number of fused-ring (bicyclic) bond motifs is 1. The van der Waals surface area contributed by atoms with Gasteiger partial charge in [0.2, 0.25) is 0 Å². The van der Waals surface area contributed by atoms with Gasteiger partial charge < -0.3 is 0 Å². The van der Waals surface area contributed by atoms with Gasteiger partial charge in [0.1, 0.15) is 0 Å². The van der Waals surface area contributed by atoms with Crippen LogP contribution in [0, 0.1) is 13.8 Å². The number of aromatic nitrogens is 2. The minimum atomic E-state index is 0.981. The second-order valence-corrected chi connectivity index (χ2v) is 2.98. The topological polar surface area (TPSA) is 25.8 Å². The molecule has 2 heterocycles. The predicted octanol–water partition coefficient (Wildman–Crippen LogP) is 2.25. The van der Waals surface area contributed by atoms with Crippen molar-refractivity contribution in [2.24, 2.45) is 0 Å². The van der Waals surface area contributed by atoms with Gasteiger partial charge in [-0.2, -0.15) is 0 Å². The summed E-state index contributed by atoms with van der Waals surface area (Å²) in [5, 5.41) is 1.19. The molecule has 0 unspecified atom stereocenters. The van der Waals surface area contributed by atoms with E-state index in [9.17, 15) is 0 Å². The summed E-state index contributed by atoms with van der Waals surface area (Å²) in [5.41, 5.74) is 3.20. The van der Waals surface area contributed by atoms with Crippen LogP contribution in [-0.4, -0.2) is 9.97 Å². The molecule has 2 nitrogen and oxygen atoms in total. The van der Waals surface area contributed by atoms with Crippen molar-refractivity contribution >= 4 is 10.9 Å². The highest BCUT2D eigenvalue weighted by Crippen LogP contribution is 2.14. The van der Waals surface area contributed by atoms with E-state index in [4.69, 9.17) is 0 Å². The monoisotopic (exact) mass is 158 g/mol. The van der Waals surface area contributed by atoms with Crippen LogP contribution in [-0.2, 0) is 0 Å². The average molecular weight is 158 g/mol. The standard InChI is InChI=1S/C10H10N2/c1-7-5-11-6-10-9(7)4-3-8(2)12-10/h3-6H,1-2H3. The fourth-order valence-corrected chi connectivity index (χ4v) is 1.30. The Morgan fingerprint density at radius 2 is 1.92 bits per heavy atom. The Labute approximate surface area is 71.3 Å². The minimum Gasteiger partial charge on any atom is -0.262 e. The largest absolute Gasteiger partial charge is 0.262 e. The van der Waals surface area contributed by atoms with Crippen LogP contribution in [0.2, 0.25) is 0 Å². The van der Waals surface area contributed by atoms with Gasteiger partial charge in [0, 0.05) is 17.3 Å². The maximum Gasteiger partial charge on any atom is 0.0890 e. The molecule has 0 aliphatic rings. The van der Waals surface area contributed by atoms with Crippen molar-refractivity contribution in [2.45, 2.75) is 13.8 Å². The zero-order valence-corrected chi connectivity index (χ0v) is 7.20. The van der Waals surface area contributed by atoms with E-state index in [0.29, 0.717) is 0 Å². The molecule has 0 fully saturated rings. The first-order valence-corrected chi connectivity index (χ1v) is 3.95. The summed E-state index contributed by atoms with van der Waals surface area (Å²) >= 11 is 0. The van der Waals surface area contributed by atoms with Gasteiger partial charge in [-0.1, -0.05) is 6.07 Å². The maximum atomic E-state index is 4.37. The predicted molar refractivity (Wildman–Crippen MR) is 49.0 cm³/mol. The Hall–Kier alpha value is -1.44. The van der Waals surface area contributed by atoms with Gasteiger partial charge in [0.25, 0.3) is 0 Å². The summed E-state index contributed by atoms with van der Waals surface area (Å²) in [4.78, 5) is 8.46. The third-order valence-corrected chi connectivity index (χ3v) is 1.95. The Morgan fingerprint density at radius 3 is 2.75 bits per heavy atom. The van der Waals surface area contributed by atoms with Gasteiger partial charge in [-0.25, -0.2) is 0 Å². The van der Waals surface area contributed by atoms with Gasteiger partial charge in [0.05, 0.1) is 11.7 Å². The molecule has 2 heteroatoms. The number of aryl methyl sites for hydroxylation is 2. The Morgan fingerprint density at radius 1 is 1.08 bits per heavy atom. The lowest BCUT2D eigenvalue weighted by Gasteiger charge is -2.00. The normalized spacial score (nSPS) is 10.5. The summed E-state index contributed by atoms with van der Waals surface area (Å²) in [6.45, 7) is 4.04. The molecule has 0 aliphatic heterocycles. The van der Waals surface area contributed by atoms with E-state index >= 15 is 0 Å². The number of hydrogen-bond donors (Lipinski definition) is 0. The lowest BCUT2D eigenvalue weighted by Crippen LogP contribution is -1.86. The van der Waals surface area contributed by atoms with Gasteiger partial charge in [-0.3, -0.25) is 9.97 Å². The molecule has 2 rings (SSSR count). The molecule has 0 saturated heterocycles. The molecule has 60 valence electrons. The first-order chi connectivity index (χ1) is 5.77. The van der Waals surface area contributed by atoms with E-state index < -0.39 is 0 Å². The van der Waals surface area contributed by atoms with E-state index in [1.165, 1.54) is 10.9 Å². The van der Waals surface area contributed by atoms with Crippen LogP contribution in [0.4, 0.5) is 0 Å². The zero-order chi connectivity index (χ0) is 8.55. The van der Waals surface area contributed by atoms with E-state index in [0.717, 1.165) is 11.2 Å². The van der Waals surface area contributed by atoms with Crippen LogP contribution in [0.15, 0.2) is 24.5 Å². The first kappa shape index (κ1) is 7.22. The summed E-state index contributed by atoms with van der Waals surface area (Å²) in [6.07, 6.45) is 3.66. The van der Waals surface area contributed by atoms with Crippen molar-refractivity contribution in [2.75, 3.05) is 0 Å². The Balaban J connectivity index is 2.86. The van der Waals surface area contributed by atoms with Crippen LogP contribution >= 0.6 is 0 Å². The van der Waals surface area contributed by atoms with E-state index in [1.54, 1.807) is 6.20 Å². The quantitative estimate of drug-likeness (QED) is 0.587. The van der Waals surface area contributed by atoms with Crippen molar-refractivity contribution in [3.8, 4) is 0 Å². The zero-order valence-electron chi connectivity index (χ0n) is 7.20. The molecule has 0 saturated carbocycles. The average Bonchev–Trinajstić information content (AvgIpc) is 2.04. The SMILES string of the molecule is Cc1ccc2c(C)cncc2n1. The van der Waals surface area contributed by atoms with Crippen LogP contribution < -0.4 is 0 Å². The third-order valence-electron chi connectivity index (χ3n) is 1.95. The highest BCUT2D eigenvalue weighted by molar-refractivity contribution is 5.80. The molecule has 2 aromatic rings. The lowest BCUT2D eigenvalue weighted by atomic mass is 10.1. The van der Waals surface area contributed by atoms with Gasteiger partial charge in [0.15, 0.2) is 0 Å².